The molecule has 0 radical (unpaired) electrons. The molecule has 1 aromatic rings. The minimum absolute atomic E-state index is 0.126. The minimum Gasteiger partial charge on any atom is -0.352 e. The van der Waals surface area contributed by atoms with Crippen molar-refractivity contribution in [2.45, 2.75) is 36.7 Å². The highest BCUT2D eigenvalue weighted by molar-refractivity contribution is 7.89. The molecular weight excluding hydrogens is 278 g/mol. The Balaban J connectivity index is 1.96. The fourth-order valence-corrected chi connectivity index (χ4v) is 2.68. The lowest BCUT2D eigenvalue weighted by molar-refractivity contribution is -0.120. The molecule has 110 valence electrons. The van der Waals surface area contributed by atoms with Gasteiger partial charge in [-0.2, -0.15) is 0 Å². The zero-order valence-electron chi connectivity index (χ0n) is 11.3. The van der Waals surface area contributed by atoms with Gasteiger partial charge in [-0.3, -0.25) is 4.79 Å². The molecule has 0 saturated heterocycles. The van der Waals surface area contributed by atoms with Gasteiger partial charge in [-0.05, 0) is 37.5 Å². The van der Waals surface area contributed by atoms with Crippen molar-refractivity contribution in [3.63, 3.8) is 0 Å². The molecular formula is C13H19N3O3S. The van der Waals surface area contributed by atoms with Gasteiger partial charge in [-0.25, -0.2) is 13.1 Å². The molecule has 1 aromatic carbocycles. The molecule has 1 saturated carbocycles. The Labute approximate surface area is 118 Å². The molecule has 4 N–H and O–H groups in total. The molecule has 1 unspecified atom stereocenters. The van der Waals surface area contributed by atoms with E-state index in [0.717, 1.165) is 18.4 Å². The van der Waals surface area contributed by atoms with Crippen molar-refractivity contribution >= 4 is 15.9 Å². The van der Waals surface area contributed by atoms with E-state index in [4.69, 9.17) is 5.73 Å². The molecule has 1 atom stereocenters. The molecule has 20 heavy (non-hydrogen) atoms. The van der Waals surface area contributed by atoms with Gasteiger partial charge in [0.25, 0.3) is 0 Å². The fourth-order valence-electron chi connectivity index (χ4n) is 1.70. The van der Waals surface area contributed by atoms with E-state index in [1.165, 1.54) is 12.1 Å². The maximum Gasteiger partial charge on any atom is 0.241 e. The van der Waals surface area contributed by atoms with Crippen molar-refractivity contribution in [3.05, 3.63) is 29.8 Å². The van der Waals surface area contributed by atoms with Gasteiger partial charge in [0.1, 0.15) is 0 Å². The summed E-state index contributed by atoms with van der Waals surface area (Å²) >= 11 is 0. The number of carbonyl (C=O) groups excluding carboxylic acids is 1. The molecule has 0 aliphatic heterocycles. The van der Waals surface area contributed by atoms with Gasteiger partial charge >= 0.3 is 0 Å². The SMILES string of the molecule is CC(N)c1ccc(S(=O)(=O)NCC(=O)NC2CC2)cc1. The van der Waals surface area contributed by atoms with Crippen LogP contribution in [0, 0.1) is 0 Å². The number of carbonyl (C=O) groups is 1. The third kappa shape index (κ3) is 4.03. The van der Waals surface area contributed by atoms with Gasteiger partial charge in [0.2, 0.25) is 15.9 Å². The minimum atomic E-state index is -3.66. The highest BCUT2D eigenvalue weighted by Gasteiger charge is 2.24. The van der Waals surface area contributed by atoms with Crippen molar-refractivity contribution < 1.29 is 13.2 Å². The van der Waals surface area contributed by atoms with Crippen LogP contribution in [0.4, 0.5) is 0 Å². The second kappa shape index (κ2) is 5.90. The number of nitrogens with one attached hydrogen (secondary N) is 2. The monoisotopic (exact) mass is 297 g/mol. The summed E-state index contributed by atoms with van der Waals surface area (Å²) in [6.45, 7) is 1.58. The maximum absolute atomic E-state index is 12.0. The zero-order valence-corrected chi connectivity index (χ0v) is 12.1. The maximum atomic E-state index is 12.0. The molecule has 1 aliphatic carbocycles. The number of amides is 1. The lowest BCUT2D eigenvalue weighted by atomic mass is 10.1. The Bertz CT molecular complexity index is 577. The van der Waals surface area contributed by atoms with E-state index in [0.29, 0.717) is 0 Å². The summed E-state index contributed by atoms with van der Waals surface area (Å²) in [5.41, 5.74) is 6.56. The third-order valence-corrected chi connectivity index (χ3v) is 4.50. The van der Waals surface area contributed by atoms with Crippen LogP contribution in [0.2, 0.25) is 0 Å². The predicted molar refractivity (Wildman–Crippen MR) is 75.4 cm³/mol. The Kier molecular flexibility index (Phi) is 4.42. The van der Waals surface area contributed by atoms with E-state index in [9.17, 15) is 13.2 Å². The van der Waals surface area contributed by atoms with E-state index in [1.54, 1.807) is 12.1 Å². The van der Waals surface area contributed by atoms with Crippen LogP contribution in [0.5, 0.6) is 0 Å². The molecule has 1 aliphatic rings. The van der Waals surface area contributed by atoms with Crippen LogP contribution in [0.3, 0.4) is 0 Å². The van der Waals surface area contributed by atoms with Crippen molar-refractivity contribution in [3.8, 4) is 0 Å². The lowest BCUT2D eigenvalue weighted by Gasteiger charge is -2.09. The number of hydrogen-bond donors (Lipinski definition) is 3. The molecule has 6 nitrogen and oxygen atoms in total. The highest BCUT2D eigenvalue weighted by Crippen LogP contribution is 2.18. The largest absolute Gasteiger partial charge is 0.352 e. The first-order chi connectivity index (χ1) is 9.38. The first-order valence-electron chi connectivity index (χ1n) is 6.53. The quantitative estimate of drug-likeness (QED) is 0.701. The highest BCUT2D eigenvalue weighted by atomic mass is 32.2. The van der Waals surface area contributed by atoms with Gasteiger partial charge < -0.3 is 11.1 Å². The standard InChI is InChI=1S/C13H19N3O3S/c1-9(14)10-2-6-12(7-3-10)20(18,19)15-8-13(17)16-11-4-5-11/h2-3,6-7,9,11,15H,4-5,8,14H2,1H3,(H,16,17). The number of benzene rings is 1. The van der Waals surface area contributed by atoms with Crippen LogP contribution >= 0.6 is 0 Å². The molecule has 1 fully saturated rings. The molecule has 0 aromatic heterocycles. The van der Waals surface area contributed by atoms with Crippen LogP contribution in [-0.2, 0) is 14.8 Å². The smallest absolute Gasteiger partial charge is 0.241 e. The topological polar surface area (TPSA) is 101 Å². The Morgan fingerprint density at radius 2 is 1.95 bits per heavy atom. The van der Waals surface area contributed by atoms with Crippen LogP contribution in [0.1, 0.15) is 31.4 Å². The molecule has 0 heterocycles. The van der Waals surface area contributed by atoms with E-state index in [2.05, 4.69) is 10.0 Å². The van der Waals surface area contributed by atoms with E-state index in [-0.39, 0.29) is 29.4 Å². The second-order valence-electron chi connectivity index (χ2n) is 5.02. The Morgan fingerprint density at radius 1 is 1.35 bits per heavy atom. The molecule has 2 rings (SSSR count). The van der Waals surface area contributed by atoms with Crippen molar-refractivity contribution in [2.75, 3.05) is 6.54 Å². The summed E-state index contributed by atoms with van der Waals surface area (Å²) in [4.78, 5) is 11.6. The number of rotatable bonds is 6. The van der Waals surface area contributed by atoms with Gasteiger partial charge in [0.15, 0.2) is 0 Å². The zero-order chi connectivity index (χ0) is 14.8. The first-order valence-corrected chi connectivity index (χ1v) is 8.01. The number of sulfonamides is 1. The van der Waals surface area contributed by atoms with Crippen molar-refractivity contribution in [1.82, 2.24) is 10.0 Å². The summed E-state index contributed by atoms with van der Waals surface area (Å²) < 4.78 is 26.3. The lowest BCUT2D eigenvalue weighted by Crippen LogP contribution is -2.37. The van der Waals surface area contributed by atoms with Crippen LogP contribution < -0.4 is 15.8 Å². The summed E-state index contributed by atoms with van der Waals surface area (Å²) in [5.74, 6) is -0.303. The first kappa shape index (κ1) is 15.0. The van der Waals surface area contributed by atoms with E-state index in [1.807, 2.05) is 6.92 Å². The summed E-state index contributed by atoms with van der Waals surface area (Å²) in [6, 6.07) is 6.38. The molecule has 0 spiro atoms. The van der Waals surface area contributed by atoms with Crippen molar-refractivity contribution in [2.24, 2.45) is 5.73 Å². The summed E-state index contributed by atoms with van der Waals surface area (Å²) in [5, 5.41) is 2.72. The van der Waals surface area contributed by atoms with E-state index < -0.39 is 10.0 Å². The normalized spacial score (nSPS) is 16.7. The van der Waals surface area contributed by atoms with Gasteiger partial charge in [-0.1, -0.05) is 12.1 Å². The van der Waals surface area contributed by atoms with Crippen LogP contribution in [-0.4, -0.2) is 26.9 Å². The third-order valence-electron chi connectivity index (χ3n) is 3.08. The van der Waals surface area contributed by atoms with Crippen LogP contribution in [0.15, 0.2) is 29.2 Å². The van der Waals surface area contributed by atoms with Gasteiger partial charge in [0, 0.05) is 12.1 Å². The van der Waals surface area contributed by atoms with Gasteiger partial charge in [-0.15, -0.1) is 0 Å². The number of nitrogens with two attached hydrogens (primary N) is 1. The van der Waals surface area contributed by atoms with Crippen molar-refractivity contribution in [1.29, 1.82) is 0 Å². The number of hydrogen-bond acceptors (Lipinski definition) is 4. The molecule has 7 heteroatoms. The summed E-state index contributed by atoms with van der Waals surface area (Å²) in [6.07, 6.45) is 1.94. The Hall–Kier alpha value is -1.44. The van der Waals surface area contributed by atoms with Gasteiger partial charge in [0.05, 0.1) is 11.4 Å². The average molecular weight is 297 g/mol. The molecule has 1 amide bonds. The average Bonchev–Trinajstić information content (AvgIpc) is 3.20. The summed E-state index contributed by atoms with van der Waals surface area (Å²) in [7, 11) is -3.66. The predicted octanol–water partition coefficient (Wildman–Crippen LogP) is 0.263. The Morgan fingerprint density at radius 3 is 2.45 bits per heavy atom. The second-order valence-corrected chi connectivity index (χ2v) is 6.79. The van der Waals surface area contributed by atoms with E-state index >= 15 is 0 Å². The molecule has 0 bridgehead atoms. The van der Waals surface area contributed by atoms with Crippen LogP contribution in [0.25, 0.3) is 0 Å². The fraction of sp³-hybridized carbons (Fsp3) is 0.462.